The Morgan fingerprint density at radius 3 is 2.25 bits per heavy atom. The van der Waals surface area contributed by atoms with Crippen molar-refractivity contribution in [3.63, 3.8) is 0 Å². The highest BCUT2D eigenvalue weighted by Gasteiger charge is 2.24. The summed E-state index contributed by atoms with van der Waals surface area (Å²) in [5.41, 5.74) is 6.79. The summed E-state index contributed by atoms with van der Waals surface area (Å²) in [6.07, 6.45) is 3.24. The zero-order chi connectivity index (χ0) is 38.0. The third kappa shape index (κ3) is 13.4. The second-order valence-corrected chi connectivity index (χ2v) is 12.7. The molecule has 2 aromatic carbocycles. The van der Waals surface area contributed by atoms with Crippen molar-refractivity contribution < 1.29 is 33.3 Å². The molecule has 0 aliphatic heterocycles. The summed E-state index contributed by atoms with van der Waals surface area (Å²) in [7, 11) is 1.55. The second-order valence-electron chi connectivity index (χ2n) is 12.7. The number of ether oxygens (including phenoxy) is 3. The van der Waals surface area contributed by atoms with Gasteiger partial charge in [0, 0.05) is 46.1 Å². The number of pyridine rings is 2. The molecule has 0 radical (unpaired) electrons. The molecule has 0 saturated carbocycles. The van der Waals surface area contributed by atoms with E-state index in [1.54, 1.807) is 25.2 Å². The van der Waals surface area contributed by atoms with Crippen LogP contribution in [0.1, 0.15) is 67.6 Å². The number of rotatable bonds is 17. The van der Waals surface area contributed by atoms with Gasteiger partial charge in [-0.15, -0.1) is 0 Å². The molecule has 12 nitrogen and oxygen atoms in total. The Hall–Kier alpha value is -4.85. The van der Waals surface area contributed by atoms with Crippen LogP contribution in [0.5, 0.6) is 5.75 Å². The lowest BCUT2D eigenvalue weighted by atomic mass is 10.1. The SMILES string of the molecule is CC(C)OCCCN.CC(C)OCCCNC(=O)c1c(O)c2ncc(Cc3ccc(F)cc3)cc2n(CCN(C)C(=O)OCc2ccccc2)c1=O. The van der Waals surface area contributed by atoms with E-state index in [1.807, 2.05) is 58.0 Å². The topological polar surface area (TPSA) is 158 Å². The van der Waals surface area contributed by atoms with Crippen molar-refractivity contribution >= 4 is 23.0 Å². The fourth-order valence-corrected chi connectivity index (χ4v) is 4.96. The molecule has 13 heteroatoms. The molecule has 0 unspecified atom stereocenters. The van der Waals surface area contributed by atoms with Crippen molar-refractivity contribution in [3.8, 4) is 5.75 Å². The summed E-state index contributed by atoms with van der Waals surface area (Å²) < 4.78 is 30.8. The van der Waals surface area contributed by atoms with Gasteiger partial charge >= 0.3 is 6.09 Å². The van der Waals surface area contributed by atoms with E-state index in [-0.39, 0.29) is 43.7 Å². The van der Waals surface area contributed by atoms with Gasteiger partial charge in [-0.2, -0.15) is 0 Å². The van der Waals surface area contributed by atoms with Gasteiger partial charge in [0.2, 0.25) is 0 Å². The maximum Gasteiger partial charge on any atom is 0.409 e. The molecule has 4 rings (SSSR count). The van der Waals surface area contributed by atoms with Crippen molar-refractivity contribution in [3.05, 3.63) is 105 Å². The number of hydrogen-bond acceptors (Lipinski definition) is 9. The molecule has 52 heavy (non-hydrogen) atoms. The third-order valence-corrected chi connectivity index (χ3v) is 7.72. The fourth-order valence-electron chi connectivity index (χ4n) is 4.96. The summed E-state index contributed by atoms with van der Waals surface area (Å²) in [6.45, 7) is 10.2. The highest BCUT2D eigenvalue weighted by Crippen LogP contribution is 2.26. The Kier molecular flexibility index (Phi) is 17.2. The number of carbonyl (C=O) groups excluding carboxylic acids is 2. The molecule has 282 valence electrons. The van der Waals surface area contributed by atoms with Crippen LogP contribution in [0.2, 0.25) is 0 Å². The Bertz CT molecular complexity index is 1770. The molecule has 4 N–H and O–H groups in total. The number of halogens is 1. The number of fused-ring (bicyclic) bond motifs is 1. The van der Waals surface area contributed by atoms with E-state index in [9.17, 15) is 23.9 Å². The van der Waals surface area contributed by atoms with Gasteiger partial charge in [0.15, 0.2) is 5.75 Å². The molecule has 2 aromatic heterocycles. The van der Waals surface area contributed by atoms with Crippen LogP contribution in [0.25, 0.3) is 11.0 Å². The Morgan fingerprint density at radius 2 is 1.62 bits per heavy atom. The summed E-state index contributed by atoms with van der Waals surface area (Å²) in [4.78, 5) is 45.3. The van der Waals surface area contributed by atoms with Gasteiger partial charge in [-0.25, -0.2) is 9.18 Å². The number of hydrogen-bond donors (Lipinski definition) is 3. The summed E-state index contributed by atoms with van der Waals surface area (Å²) in [6, 6.07) is 17.0. The van der Waals surface area contributed by atoms with Gasteiger partial charge in [-0.05, 0) is 88.4 Å². The molecular weight excluding hydrogens is 669 g/mol. The normalized spacial score (nSPS) is 11.0. The van der Waals surface area contributed by atoms with Crippen molar-refractivity contribution in [1.82, 2.24) is 19.8 Å². The van der Waals surface area contributed by atoms with Crippen LogP contribution >= 0.6 is 0 Å². The van der Waals surface area contributed by atoms with Crippen LogP contribution < -0.4 is 16.6 Å². The number of nitrogens with two attached hydrogens (primary N) is 1. The zero-order valence-corrected chi connectivity index (χ0v) is 30.8. The number of aromatic nitrogens is 2. The Morgan fingerprint density at radius 1 is 0.962 bits per heavy atom. The van der Waals surface area contributed by atoms with Crippen LogP contribution in [0.4, 0.5) is 9.18 Å². The first-order valence-electron chi connectivity index (χ1n) is 17.5. The van der Waals surface area contributed by atoms with E-state index < -0.39 is 28.9 Å². The van der Waals surface area contributed by atoms with E-state index in [2.05, 4.69) is 10.3 Å². The van der Waals surface area contributed by atoms with Crippen molar-refractivity contribution in [2.75, 3.05) is 39.9 Å². The number of amides is 2. The molecule has 4 aromatic rings. The average molecular weight is 722 g/mol. The zero-order valence-electron chi connectivity index (χ0n) is 30.8. The maximum absolute atomic E-state index is 13.7. The number of nitrogens with zero attached hydrogens (tertiary/aromatic N) is 3. The van der Waals surface area contributed by atoms with E-state index in [4.69, 9.17) is 19.9 Å². The van der Waals surface area contributed by atoms with Crippen molar-refractivity contribution in [2.24, 2.45) is 5.73 Å². The quantitative estimate of drug-likeness (QED) is 0.121. The molecule has 2 heterocycles. The molecule has 0 fully saturated rings. The van der Waals surface area contributed by atoms with E-state index in [0.29, 0.717) is 36.6 Å². The Balaban J connectivity index is 0.000000815. The predicted molar refractivity (Wildman–Crippen MR) is 199 cm³/mol. The van der Waals surface area contributed by atoms with Crippen molar-refractivity contribution in [2.45, 2.75) is 72.3 Å². The van der Waals surface area contributed by atoms with Gasteiger partial charge in [0.05, 0.1) is 17.7 Å². The minimum Gasteiger partial charge on any atom is -0.505 e. The number of carbonyl (C=O) groups is 2. The van der Waals surface area contributed by atoms with Crippen LogP contribution in [0.3, 0.4) is 0 Å². The largest absolute Gasteiger partial charge is 0.505 e. The molecular formula is C39H52FN5O7. The fraction of sp³-hybridized carbons (Fsp3) is 0.436. The predicted octanol–water partition coefficient (Wildman–Crippen LogP) is 5.41. The standard InChI is InChI=1S/C33H37FN4O6.C6H15NO/c1-22(2)43-17-7-14-35-31(40)28-30(39)29-27(19-25(20-36-29)18-23-10-12-26(34)13-11-23)38(32(28)41)16-15-37(3)33(42)44-21-24-8-5-4-6-9-24;1-6(2)8-5-3-4-7/h4-6,8-13,19-20,22,39H,7,14-18,21H2,1-3H3,(H,35,40);6H,3-5,7H2,1-2H3. The highest BCUT2D eigenvalue weighted by molar-refractivity contribution is 6.01. The van der Waals surface area contributed by atoms with Gasteiger partial charge in [0.1, 0.15) is 23.5 Å². The van der Waals surface area contributed by atoms with Gasteiger partial charge in [-0.3, -0.25) is 14.6 Å². The maximum atomic E-state index is 13.7. The van der Waals surface area contributed by atoms with E-state index in [0.717, 1.165) is 30.7 Å². The molecule has 0 spiro atoms. The smallest absolute Gasteiger partial charge is 0.409 e. The summed E-state index contributed by atoms with van der Waals surface area (Å²) >= 11 is 0. The molecule has 0 bridgehead atoms. The molecule has 0 aliphatic carbocycles. The average Bonchev–Trinajstić information content (AvgIpc) is 3.11. The molecule has 0 atom stereocenters. The monoisotopic (exact) mass is 721 g/mol. The van der Waals surface area contributed by atoms with Gasteiger partial charge in [-0.1, -0.05) is 42.5 Å². The summed E-state index contributed by atoms with van der Waals surface area (Å²) in [5, 5.41) is 13.7. The van der Waals surface area contributed by atoms with E-state index in [1.165, 1.54) is 27.8 Å². The lowest BCUT2D eigenvalue weighted by Crippen LogP contribution is -2.37. The summed E-state index contributed by atoms with van der Waals surface area (Å²) in [5.74, 6) is -1.62. The minimum absolute atomic E-state index is 0.00323. The van der Waals surface area contributed by atoms with Gasteiger partial charge in [0.25, 0.3) is 11.5 Å². The van der Waals surface area contributed by atoms with Gasteiger partial charge < -0.3 is 39.8 Å². The molecule has 0 saturated heterocycles. The molecule has 2 amide bonds. The number of nitrogens with one attached hydrogen (secondary N) is 1. The lowest BCUT2D eigenvalue weighted by molar-refractivity contribution is 0.0756. The first-order chi connectivity index (χ1) is 24.9. The first kappa shape index (κ1) is 41.6. The number of likely N-dealkylation sites (N-methyl/N-ethyl adjacent to an activating group) is 1. The van der Waals surface area contributed by atoms with Crippen LogP contribution in [-0.2, 0) is 33.8 Å². The van der Waals surface area contributed by atoms with Crippen LogP contribution in [0, 0.1) is 5.82 Å². The van der Waals surface area contributed by atoms with Crippen LogP contribution in [0.15, 0.2) is 71.7 Å². The highest BCUT2D eigenvalue weighted by atomic mass is 19.1. The van der Waals surface area contributed by atoms with E-state index >= 15 is 0 Å². The first-order valence-corrected chi connectivity index (χ1v) is 17.5. The Labute approximate surface area is 304 Å². The van der Waals surface area contributed by atoms with Crippen LogP contribution in [-0.4, -0.2) is 83.7 Å². The second kappa shape index (κ2) is 21.5. The lowest BCUT2D eigenvalue weighted by Gasteiger charge is -2.20. The third-order valence-electron chi connectivity index (χ3n) is 7.72. The minimum atomic E-state index is -0.736. The number of aromatic hydroxyl groups is 1. The number of benzene rings is 2. The van der Waals surface area contributed by atoms with Crippen molar-refractivity contribution in [1.29, 1.82) is 0 Å². The molecule has 0 aliphatic rings.